The molecule has 0 atom stereocenters. The van der Waals surface area contributed by atoms with E-state index in [0.717, 1.165) is 5.56 Å². The van der Waals surface area contributed by atoms with Gasteiger partial charge in [0.15, 0.2) is 11.7 Å². The van der Waals surface area contributed by atoms with E-state index in [0.29, 0.717) is 18.1 Å². The first kappa shape index (κ1) is 14.8. The van der Waals surface area contributed by atoms with Crippen LogP contribution < -0.4 is 10.9 Å². The number of aromatic amines is 1. The average Bonchev–Trinajstić information content (AvgIpc) is 3.05. The van der Waals surface area contributed by atoms with Crippen LogP contribution in [0.25, 0.3) is 11.3 Å². The molecule has 0 aliphatic rings. The third kappa shape index (κ3) is 3.74. The van der Waals surface area contributed by atoms with Crippen molar-refractivity contribution in [3.63, 3.8) is 0 Å². The summed E-state index contributed by atoms with van der Waals surface area (Å²) in [5, 5.41) is 2.57. The number of pyridine rings is 1. The van der Waals surface area contributed by atoms with Crippen molar-refractivity contribution in [1.82, 2.24) is 9.97 Å². The van der Waals surface area contributed by atoms with Crippen LogP contribution >= 0.6 is 0 Å². The number of H-pyrrole nitrogens is 1. The predicted molar refractivity (Wildman–Crippen MR) is 86.0 cm³/mol. The Morgan fingerprint density at radius 3 is 2.78 bits per heavy atom. The van der Waals surface area contributed by atoms with Crippen LogP contribution in [0.3, 0.4) is 0 Å². The molecule has 0 spiro atoms. The van der Waals surface area contributed by atoms with Crippen molar-refractivity contribution in [2.75, 3.05) is 5.32 Å². The molecule has 3 rings (SSSR count). The molecule has 23 heavy (non-hydrogen) atoms. The topological polar surface area (TPSA) is 88.0 Å². The van der Waals surface area contributed by atoms with Crippen molar-refractivity contribution in [2.45, 2.75) is 12.8 Å². The van der Waals surface area contributed by atoms with Gasteiger partial charge >= 0.3 is 0 Å². The molecule has 2 heterocycles. The molecule has 1 aromatic carbocycles. The smallest absolute Gasteiger partial charge is 0.271 e. The van der Waals surface area contributed by atoms with Crippen LogP contribution in [0.4, 0.5) is 5.69 Å². The molecule has 1 amide bonds. The van der Waals surface area contributed by atoms with Crippen LogP contribution in [0.15, 0.2) is 64.1 Å². The van der Waals surface area contributed by atoms with Gasteiger partial charge < -0.3 is 14.7 Å². The molecule has 0 aliphatic heterocycles. The van der Waals surface area contributed by atoms with Gasteiger partial charge in [-0.25, -0.2) is 4.98 Å². The maximum absolute atomic E-state index is 11.9. The molecule has 0 saturated carbocycles. The Balaban J connectivity index is 1.59. The fraction of sp³-hybridized carbons (Fsp3) is 0.118. The summed E-state index contributed by atoms with van der Waals surface area (Å²) in [7, 11) is 0. The number of anilines is 1. The highest BCUT2D eigenvalue weighted by atomic mass is 16.4. The van der Waals surface area contributed by atoms with Crippen molar-refractivity contribution >= 4 is 11.6 Å². The van der Waals surface area contributed by atoms with Gasteiger partial charge in [0.25, 0.3) is 5.56 Å². The maximum Gasteiger partial charge on any atom is 0.271 e. The lowest BCUT2D eigenvalue weighted by molar-refractivity contribution is -0.116. The Kier molecular flexibility index (Phi) is 4.33. The zero-order valence-corrected chi connectivity index (χ0v) is 12.3. The summed E-state index contributed by atoms with van der Waals surface area (Å²) in [5.74, 6) is 0.891. The molecule has 6 heteroatoms. The average molecular weight is 309 g/mol. The van der Waals surface area contributed by atoms with E-state index in [4.69, 9.17) is 4.42 Å². The van der Waals surface area contributed by atoms with Gasteiger partial charge in [0.1, 0.15) is 5.69 Å². The molecule has 0 aliphatic carbocycles. The Morgan fingerprint density at radius 2 is 2.00 bits per heavy atom. The van der Waals surface area contributed by atoms with Crippen LogP contribution in [0.5, 0.6) is 0 Å². The van der Waals surface area contributed by atoms with E-state index in [1.807, 2.05) is 30.3 Å². The van der Waals surface area contributed by atoms with Crippen molar-refractivity contribution < 1.29 is 9.21 Å². The van der Waals surface area contributed by atoms with E-state index in [-0.39, 0.29) is 23.6 Å². The molecule has 6 nitrogen and oxygen atoms in total. The second-order valence-electron chi connectivity index (χ2n) is 4.95. The Bertz CT molecular complexity index is 853. The number of nitrogens with zero attached hydrogens (tertiary/aromatic N) is 1. The minimum atomic E-state index is -0.330. The molecule has 116 valence electrons. The van der Waals surface area contributed by atoms with Crippen molar-refractivity contribution in [2.24, 2.45) is 0 Å². The minimum absolute atomic E-state index is 0.184. The zero-order valence-electron chi connectivity index (χ0n) is 12.3. The maximum atomic E-state index is 11.9. The number of rotatable bonds is 5. The number of hydrogen-bond donors (Lipinski definition) is 2. The van der Waals surface area contributed by atoms with Crippen LogP contribution in [0, 0.1) is 0 Å². The second-order valence-corrected chi connectivity index (χ2v) is 4.95. The van der Waals surface area contributed by atoms with Gasteiger partial charge in [-0.15, -0.1) is 0 Å². The molecule has 2 N–H and O–H groups in total. The third-order valence-electron chi connectivity index (χ3n) is 3.27. The van der Waals surface area contributed by atoms with Crippen molar-refractivity contribution in [1.29, 1.82) is 0 Å². The second kappa shape index (κ2) is 6.74. The zero-order chi connectivity index (χ0) is 16.1. The van der Waals surface area contributed by atoms with E-state index in [1.165, 1.54) is 6.20 Å². The Morgan fingerprint density at radius 1 is 1.17 bits per heavy atom. The van der Waals surface area contributed by atoms with Gasteiger partial charge in [-0.3, -0.25) is 9.59 Å². The SMILES string of the molecule is O=C(CCc1ncc(-c2ccccc2)o1)Nc1ccc[nH]c1=O. The monoisotopic (exact) mass is 309 g/mol. The van der Waals surface area contributed by atoms with Crippen molar-refractivity contribution in [3.05, 3.63) is 71.1 Å². The van der Waals surface area contributed by atoms with Gasteiger partial charge in [-0.1, -0.05) is 30.3 Å². The van der Waals surface area contributed by atoms with Gasteiger partial charge in [0.05, 0.1) is 6.20 Å². The molecule has 2 aromatic heterocycles. The van der Waals surface area contributed by atoms with Gasteiger partial charge in [0.2, 0.25) is 5.91 Å². The molecule has 0 radical (unpaired) electrons. The number of aryl methyl sites for hydroxylation is 1. The van der Waals surface area contributed by atoms with Crippen LogP contribution in [-0.4, -0.2) is 15.9 Å². The van der Waals surface area contributed by atoms with E-state index >= 15 is 0 Å². The molecular formula is C17H15N3O3. The molecule has 0 saturated heterocycles. The summed E-state index contributed by atoms with van der Waals surface area (Å²) in [6, 6.07) is 12.8. The summed E-state index contributed by atoms with van der Waals surface area (Å²) in [6.07, 6.45) is 3.70. The first-order valence-electron chi connectivity index (χ1n) is 7.20. The minimum Gasteiger partial charge on any atom is -0.441 e. The highest BCUT2D eigenvalue weighted by Gasteiger charge is 2.10. The number of hydrogen-bond acceptors (Lipinski definition) is 4. The van der Waals surface area contributed by atoms with Gasteiger partial charge in [-0.05, 0) is 12.1 Å². The summed E-state index contributed by atoms with van der Waals surface area (Å²) in [5.41, 5.74) is 0.838. The van der Waals surface area contributed by atoms with Gasteiger partial charge in [0, 0.05) is 24.6 Å². The summed E-state index contributed by atoms with van der Waals surface area (Å²) < 4.78 is 5.64. The quantitative estimate of drug-likeness (QED) is 0.758. The van der Waals surface area contributed by atoms with E-state index in [9.17, 15) is 9.59 Å². The predicted octanol–water partition coefficient (Wildman–Crippen LogP) is 2.60. The van der Waals surface area contributed by atoms with Crippen LogP contribution in [0.2, 0.25) is 0 Å². The molecule has 0 bridgehead atoms. The number of amides is 1. The highest BCUT2D eigenvalue weighted by Crippen LogP contribution is 2.20. The lowest BCUT2D eigenvalue weighted by Gasteiger charge is -2.02. The molecule has 3 aromatic rings. The first-order valence-corrected chi connectivity index (χ1v) is 7.20. The molecule has 0 unspecified atom stereocenters. The van der Waals surface area contributed by atoms with E-state index in [1.54, 1.807) is 18.3 Å². The third-order valence-corrected chi connectivity index (χ3v) is 3.27. The van der Waals surface area contributed by atoms with E-state index < -0.39 is 0 Å². The number of carbonyl (C=O) groups is 1. The summed E-state index contributed by atoms with van der Waals surface area (Å²) in [6.45, 7) is 0. The fourth-order valence-corrected chi connectivity index (χ4v) is 2.11. The Labute approximate surface area is 132 Å². The van der Waals surface area contributed by atoms with E-state index in [2.05, 4.69) is 15.3 Å². The normalized spacial score (nSPS) is 10.4. The van der Waals surface area contributed by atoms with Gasteiger partial charge in [-0.2, -0.15) is 0 Å². The fourth-order valence-electron chi connectivity index (χ4n) is 2.11. The number of oxazole rings is 1. The summed E-state index contributed by atoms with van der Waals surface area (Å²) >= 11 is 0. The number of aromatic nitrogens is 2. The number of carbonyl (C=O) groups excluding carboxylic acids is 1. The summed E-state index contributed by atoms with van der Waals surface area (Å²) in [4.78, 5) is 30.0. The number of benzene rings is 1. The van der Waals surface area contributed by atoms with Crippen LogP contribution in [0.1, 0.15) is 12.3 Å². The van der Waals surface area contributed by atoms with Crippen molar-refractivity contribution in [3.8, 4) is 11.3 Å². The molecular weight excluding hydrogens is 294 g/mol. The standard InChI is InChI=1S/C17H15N3O3/c21-15(20-13-7-4-10-18-17(13)22)8-9-16-19-11-14(23-16)12-5-2-1-3-6-12/h1-7,10-11H,8-9H2,(H,18,22)(H,20,21). The lowest BCUT2D eigenvalue weighted by Crippen LogP contribution is -2.19. The Hall–Kier alpha value is -3.15. The molecule has 0 fully saturated rings. The lowest BCUT2D eigenvalue weighted by atomic mass is 10.2. The first-order chi connectivity index (χ1) is 11.2. The number of nitrogens with one attached hydrogen (secondary N) is 2. The largest absolute Gasteiger partial charge is 0.441 e. The van der Waals surface area contributed by atoms with Crippen LogP contribution in [-0.2, 0) is 11.2 Å². The highest BCUT2D eigenvalue weighted by molar-refractivity contribution is 5.90.